The van der Waals surface area contributed by atoms with Gasteiger partial charge in [-0.2, -0.15) is 0 Å². The molecule has 0 nitrogen and oxygen atoms in total. The summed E-state index contributed by atoms with van der Waals surface area (Å²) in [7, 11) is 0. The third-order valence-electron chi connectivity index (χ3n) is 4.31. The van der Waals surface area contributed by atoms with Gasteiger partial charge in [0.2, 0.25) is 0 Å². The van der Waals surface area contributed by atoms with Gasteiger partial charge in [-0.25, -0.2) is 0 Å². The maximum absolute atomic E-state index is 2.34. The van der Waals surface area contributed by atoms with Gasteiger partial charge in [0.15, 0.2) is 0 Å². The van der Waals surface area contributed by atoms with Crippen molar-refractivity contribution in [3.8, 4) is 11.1 Å². The van der Waals surface area contributed by atoms with Gasteiger partial charge >= 0.3 is 0 Å². The van der Waals surface area contributed by atoms with Gasteiger partial charge in [-0.05, 0) is 47.2 Å². The van der Waals surface area contributed by atoms with E-state index in [0.717, 1.165) is 0 Å². The molecule has 0 N–H and O–H groups in total. The van der Waals surface area contributed by atoms with E-state index in [-0.39, 0.29) is 5.41 Å². The Bertz CT molecular complexity index is 672. The molecule has 21 heavy (non-hydrogen) atoms. The molecule has 0 aromatic heterocycles. The van der Waals surface area contributed by atoms with E-state index in [9.17, 15) is 0 Å². The Labute approximate surface area is 129 Å². The monoisotopic (exact) mass is 278 g/mol. The van der Waals surface area contributed by atoms with Crippen molar-refractivity contribution in [1.82, 2.24) is 0 Å². The molecule has 2 aromatic rings. The summed E-state index contributed by atoms with van der Waals surface area (Å²) in [6.45, 7) is 13.0. The quantitative estimate of drug-likeness (QED) is 0.569. The van der Waals surface area contributed by atoms with Crippen LogP contribution in [0.2, 0.25) is 0 Å². The molecule has 0 radical (unpaired) electrons. The molecule has 2 aromatic carbocycles. The zero-order chi connectivity index (χ0) is 15.6. The Morgan fingerprint density at radius 2 is 1.57 bits per heavy atom. The molecule has 0 aliphatic heterocycles. The van der Waals surface area contributed by atoms with Crippen molar-refractivity contribution in [2.24, 2.45) is 0 Å². The molecule has 0 amide bonds. The van der Waals surface area contributed by atoms with Crippen molar-refractivity contribution in [1.29, 1.82) is 0 Å². The van der Waals surface area contributed by atoms with Crippen LogP contribution in [-0.2, 0) is 5.41 Å². The molecule has 0 atom stereocenters. The van der Waals surface area contributed by atoms with Crippen molar-refractivity contribution >= 4 is 6.08 Å². The summed E-state index contributed by atoms with van der Waals surface area (Å²) in [6.07, 6.45) is 4.39. The lowest BCUT2D eigenvalue weighted by atomic mass is 9.79. The van der Waals surface area contributed by atoms with Crippen LogP contribution in [0.25, 0.3) is 17.2 Å². The average Bonchev–Trinajstić information content (AvgIpc) is 2.73. The minimum absolute atomic E-state index is 0.0901. The van der Waals surface area contributed by atoms with Crippen molar-refractivity contribution in [3.63, 3.8) is 0 Å². The highest BCUT2D eigenvalue weighted by Crippen LogP contribution is 2.50. The van der Waals surface area contributed by atoms with Crippen LogP contribution in [0.5, 0.6) is 0 Å². The van der Waals surface area contributed by atoms with Crippen LogP contribution in [0.15, 0.2) is 42.5 Å². The van der Waals surface area contributed by atoms with Gasteiger partial charge in [0.1, 0.15) is 0 Å². The average molecular weight is 278 g/mol. The van der Waals surface area contributed by atoms with Crippen molar-refractivity contribution < 1.29 is 0 Å². The number of rotatable bonds is 1. The Morgan fingerprint density at radius 3 is 2.24 bits per heavy atom. The maximum atomic E-state index is 2.34. The highest BCUT2D eigenvalue weighted by molar-refractivity contribution is 5.85. The topological polar surface area (TPSA) is 0 Å². The minimum atomic E-state index is 0.0901. The Kier molecular flexibility index (Phi) is 4.37. The SMILES string of the molecule is C/C=C\c1c(C)ccc2c1C(C)(C)c1ccccc1-2.CC. The molecule has 0 bridgehead atoms. The van der Waals surface area contributed by atoms with Crippen LogP contribution in [0, 0.1) is 6.92 Å². The third kappa shape index (κ3) is 2.33. The first-order chi connectivity index (χ1) is 10.1. The first-order valence-corrected chi connectivity index (χ1v) is 7.94. The van der Waals surface area contributed by atoms with Crippen LogP contribution >= 0.6 is 0 Å². The summed E-state index contributed by atoms with van der Waals surface area (Å²) in [5, 5.41) is 0. The van der Waals surface area contributed by atoms with Gasteiger partial charge in [-0.3, -0.25) is 0 Å². The molecule has 3 rings (SSSR count). The molecule has 1 aliphatic carbocycles. The smallest absolute Gasteiger partial charge is 0.0164 e. The lowest BCUT2D eigenvalue weighted by Crippen LogP contribution is -2.16. The van der Waals surface area contributed by atoms with Crippen molar-refractivity contribution in [2.75, 3.05) is 0 Å². The second-order valence-corrected chi connectivity index (χ2v) is 5.89. The van der Waals surface area contributed by atoms with E-state index < -0.39 is 0 Å². The van der Waals surface area contributed by atoms with E-state index in [2.05, 4.69) is 76.2 Å². The molecular weight excluding hydrogens is 252 g/mol. The molecule has 110 valence electrons. The standard InChI is InChI=1S/C19H20.C2H6/c1-5-8-14-13(2)11-12-16-15-9-6-7-10-17(15)19(3,4)18(14)16;1-2/h5-12H,1-4H3;1-2H3/b8-5-;. The fourth-order valence-electron chi connectivity index (χ4n) is 3.40. The van der Waals surface area contributed by atoms with Gasteiger partial charge in [-0.15, -0.1) is 0 Å². The highest BCUT2D eigenvalue weighted by Gasteiger charge is 2.36. The molecule has 0 saturated carbocycles. The van der Waals surface area contributed by atoms with Crippen molar-refractivity contribution in [3.05, 3.63) is 64.7 Å². The number of hydrogen-bond acceptors (Lipinski definition) is 0. The predicted molar refractivity (Wildman–Crippen MR) is 94.8 cm³/mol. The molecular formula is C21H26. The minimum Gasteiger partial charge on any atom is -0.0870 e. The molecule has 1 aliphatic rings. The van der Waals surface area contributed by atoms with Crippen LogP contribution in [0.3, 0.4) is 0 Å². The molecule has 0 fully saturated rings. The van der Waals surface area contributed by atoms with Crippen LogP contribution in [0.4, 0.5) is 0 Å². The van der Waals surface area contributed by atoms with Gasteiger partial charge < -0.3 is 0 Å². The number of fused-ring (bicyclic) bond motifs is 3. The number of hydrogen-bond donors (Lipinski definition) is 0. The Morgan fingerprint density at radius 1 is 0.905 bits per heavy atom. The van der Waals surface area contributed by atoms with Gasteiger partial charge in [0.25, 0.3) is 0 Å². The number of allylic oxidation sites excluding steroid dienone is 1. The van der Waals surface area contributed by atoms with Gasteiger partial charge in [-0.1, -0.05) is 76.2 Å². The lowest BCUT2D eigenvalue weighted by Gasteiger charge is -2.24. The fourth-order valence-corrected chi connectivity index (χ4v) is 3.40. The molecule has 0 saturated heterocycles. The number of aryl methyl sites for hydroxylation is 1. The Balaban J connectivity index is 0.000000774. The zero-order valence-electron chi connectivity index (χ0n) is 14.1. The van der Waals surface area contributed by atoms with E-state index in [4.69, 9.17) is 0 Å². The fraction of sp³-hybridized carbons (Fsp3) is 0.333. The normalized spacial score (nSPS) is 14.4. The van der Waals surface area contributed by atoms with E-state index >= 15 is 0 Å². The molecule has 0 heteroatoms. The highest BCUT2D eigenvalue weighted by atomic mass is 14.4. The lowest BCUT2D eigenvalue weighted by molar-refractivity contribution is 0.658. The zero-order valence-corrected chi connectivity index (χ0v) is 14.1. The first-order valence-electron chi connectivity index (χ1n) is 7.94. The van der Waals surface area contributed by atoms with Crippen LogP contribution in [-0.4, -0.2) is 0 Å². The summed E-state index contributed by atoms with van der Waals surface area (Å²) in [5.41, 5.74) is 8.56. The largest absolute Gasteiger partial charge is 0.0870 e. The summed E-state index contributed by atoms with van der Waals surface area (Å²) in [6, 6.07) is 13.3. The van der Waals surface area contributed by atoms with E-state index in [0.29, 0.717) is 0 Å². The van der Waals surface area contributed by atoms with E-state index in [1.54, 1.807) is 0 Å². The summed E-state index contributed by atoms with van der Waals surface area (Å²) in [5.74, 6) is 0. The van der Waals surface area contributed by atoms with Gasteiger partial charge in [0.05, 0.1) is 0 Å². The third-order valence-corrected chi connectivity index (χ3v) is 4.31. The molecule has 0 unspecified atom stereocenters. The summed E-state index contributed by atoms with van der Waals surface area (Å²) in [4.78, 5) is 0. The molecule has 0 spiro atoms. The van der Waals surface area contributed by atoms with Crippen LogP contribution in [0.1, 0.15) is 56.9 Å². The predicted octanol–water partition coefficient (Wildman–Crippen LogP) is 6.36. The second-order valence-electron chi connectivity index (χ2n) is 5.89. The first kappa shape index (κ1) is 15.6. The molecule has 0 heterocycles. The second kappa shape index (κ2) is 5.89. The number of benzene rings is 2. The Hall–Kier alpha value is -1.82. The van der Waals surface area contributed by atoms with E-state index in [1.165, 1.54) is 33.4 Å². The summed E-state index contributed by atoms with van der Waals surface area (Å²) >= 11 is 0. The van der Waals surface area contributed by atoms with E-state index in [1.807, 2.05) is 13.8 Å². The van der Waals surface area contributed by atoms with Gasteiger partial charge in [0, 0.05) is 5.41 Å². The maximum Gasteiger partial charge on any atom is 0.0164 e. The summed E-state index contributed by atoms with van der Waals surface area (Å²) < 4.78 is 0. The van der Waals surface area contributed by atoms with Crippen molar-refractivity contribution in [2.45, 2.75) is 47.0 Å². The van der Waals surface area contributed by atoms with Crippen LogP contribution < -0.4 is 0 Å².